The van der Waals surface area contributed by atoms with E-state index >= 15 is 0 Å². The van der Waals surface area contributed by atoms with E-state index in [4.69, 9.17) is 10.8 Å². The number of hydrogen-bond donors (Lipinski definition) is 3. The summed E-state index contributed by atoms with van der Waals surface area (Å²) >= 11 is 0. The number of piperazine rings is 1. The van der Waals surface area contributed by atoms with Crippen LogP contribution in [0.25, 0.3) is 11.1 Å². The number of allylic oxidation sites excluding steroid dienone is 3. The average Bonchev–Trinajstić information content (AvgIpc) is 2.82. The Hall–Kier alpha value is -3.49. The van der Waals surface area contributed by atoms with Crippen LogP contribution in [0.2, 0.25) is 0 Å². The van der Waals surface area contributed by atoms with Crippen molar-refractivity contribution in [3.05, 3.63) is 71.2 Å². The van der Waals surface area contributed by atoms with E-state index in [1.54, 1.807) is 13.4 Å². The lowest BCUT2D eigenvalue weighted by Gasteiger charge is -2.34. The quantitative estimate of drug-likeness (QED) is 0.381. The monoisotopic (exact) mass is 430 g/mol. The van der Waals surface area contributed by atoms with Crippen molar-refractivity contribution < 1.29 is 0 Å². The molecule has 0 unspecified atom stereocenters. The van der Waals surface area contributed by atoms with Crippen LogP contribution in [0, 0.1) is 0 Å². The van der Waals surface area contributed by atoms with Crippen LogP contribution >= 0.6 is 0 Å². The lowest BCUT2D eigenvalue weighted by molar-refractivity contribution is 0.207. The molecule has 0 aliphatic carbocycles. The summed E-state index contributed by atoms with van der Waals surface area (Å²) in [6, 6.07) is 6.21. The van der Waals surface area contributed by atoms with E-state index in [1.807, 2.05) is 30.4 Å². The second-order valence-corrected chi connectivity index (χ2v) is 7.87. The van der Waals surface area contributed by atoms with Crippen molar-refractivity contribution in [3.8, 4) is 0 Å². The lowest BCUT2D eigenvalue weighted by Crippen LogP contribution is -2.46. The number of nitrogens with zero attached hydrogens (tertiary/aromatic N) is 5. The minimum atomic E-state index is 0.724. The van der Waals surface area contributed by atoms with Crippen LogP contribution in [0.1, 0.15) is 23.6 Å². The molecular formula is C24H30N8. The molecule has 2 aliphatic heterocycles. The minimum absolute atomic E-state index is 0.724. The molecule has 2 aliphatic rings. The summed E-state index contributed by atoms with van der Waals surface area (Å²) < 4.78 is 0. The number of nitrogens with two attached hydrogens (primary N) is 1. The predicted octanol–water partition coefficient (Wildman–Crippen LogP) is 2.81. The maximum absolute atomic E-state index is 6.36. The fourth-order valence-corrected chi connectivity index (χ4v) is 3.97. The average molecular weight is 431 g/mol. The Morgan fingerprint density at radius 3 is 2.88 bits per heavy atom. The highest BCUT2D eigenvalue weighted by Gasteiger charge is 2.22. The van der Waals surface area contributed by atoms with Gasteiger partial charge in [-0.05, 0) is 37.7 Å². The number of aliphatic imine (C=N–C) groups is 1. The molecule has 0 spiro atoms. The normalized spacial score (nSPS) is 18.5. The van der Waals surface area contributed by atoms with Crippen molar-refractivity contribution in [2.24, 2.45) is 10.8 Å². The molecule has 166 valence electrons. The SMILES string of the molecule is C/C=C/C(=C1/CN(C)CCN1N)c1cnc2c(c1)C(c1ccc(NC=NC)nc1)=CCN2. The first-order chi connectivity index (χ1) is 15.6. The minimum Gasteiger partial charge on any atom is -0.366 e. The Morgan fingerprint density at radius 1 is 1.25 bits per heavy atom. The van der Waals surface area contributed by atoms with Gasteiger partial charge in [0.1, 0.15) is 11.6 Å². The predicted molar refractivity (Wildman–Crippen MR) is 132 cm³/mol. The number of nitrogens with one attached hydrogen (secondary N) is 2. The van der Waals surface area contributed by atoms with Gasteiger partial charge in [0.25, 0.3) is 0 Å². The highest BCUT2D eigenvalue weighted by Crippen LogP contribution is 2.34. The summed E-state index contributed by atoms with van der Waals surface area (Å²) in [6.45, 7) is 5.29. The third-order valence-electron chi connectivity index (χ3n) is 5.61. The molecule has 4 heterocycles. The molecule has 2 aromatic rings. The summed E-state index contributed by atoms with van der Waals surface area (Å²) in [5.74, 6) is 7.99. The van der Waals surface area contributed by atoms with Crippen molar-refractivity contribution >= 4 is 29.1 Å². The Labute approximate surface area is 189 Å². The Morgan fingerprint density at radius 2 is 2.12 bits per heavy atom. The van der Waals surface area contributed by atoms with Gasteiger partial charge in [-0.2, -0.15) is 0 Å². The van der Waals surface area contributed by atoms with Crippen LogP contribution in [0.5, 0.6) is 0 Å². The molecular weight excluding hydrogens is 400 g/mol. The van der Waals surface area contributed by atoms with Crippen molar-refractivity contribution in [2.45, 2.75) is 6.92 Å². The fraction of sp³-hybridized carbons (Fsp3) is 0.292. The van der Waals surface area contributed by atoms with Gasteiger partial charge in [-0.3, -0.25) is 9.89 Å². The molecule has 4 N–H and O–H groups in total. The van der Waals surface area contributed by atoms with Gasteiger partial charge in [-0.1, -0.05) is 18.2 Å². The number of pyridine rings is 2. The van der Waals surface area contributed by atoms with Crippen molar-refractivity contribution in [1.82, 2.24) is 19.9 Å². The first-order valence-corrected chi connectivity index (χ1v) is 10.8. The molecule has 8 heteroatoms. The maximum Gasteiger partial charge on any atom is 0.134 e. The first kappa shape index (κ1) is 21.7. The Balaban J connectivity index is 1.74. The van der Waals surface area contributed by atoms with Crippen molar-refractivity contribution in [2.75, 3.05) is 50.9 Å². The van der Waals surface area contributed by atoms with E-state index in [0.29, 0.717) is 0 Å². The molecule has 0 aromatic carbocycles. The van der Waals surface area contributed by atoms with Crippen LogP contribution in [0.3, 0.4) is 0 Å². The zero-order valence-corrected chi connectivity index (χ0v) is 18.8. The van der Waals surface area contributed by atoms with Crippen LogP contribution in [-0.4, -0.2) is 66.5 Å². The van der Waals surface area contributed by atoms with Gasteiger partial charge in [-0.15, -0.1) is 0 Å². The van der Waals surface area contributed by atoms with Gasteiger partial charge in [0.15, 0.2) is 0 Å². The first-order valence-electron chi connectivity index (χ1n) is 10.8. The van der Waals surface area contributed by atoms with Gasteiger partial charge in [0.2, 0.25) is 0 Å². The molecule has 1 fully saturated rings. The molecule has 1 saturated heterocycles. The molecule has 32 heavy (non-hydrogen) atoms. The highest BCUT2D eigenvalue weighted by atomic mass is 15.4. The molecule has 4 rings (SSSR count). The van der Waals surface area contributed by atoms with Crippen LogP contribution in [0.15, 0.2) is 59.5 Å². The lowest BCUT2D eigenvalue weighted by atomic mass is 9.93. The standard InChI is InChI=1S/C24H30N8/c1-4-5-20(22-15-31(3)10-11-32(22)25)18-12-21-19(8-9-27-24(21)29-14-18)17-6-7-23(28-13-17)30-16-26-2/h4-8,12-14,16H,9-11,15,25H2,1-3H3,(H,27,29)(H,26,28,30)/b5-4+,22-20+. The summed E-state index contributed by atoms with van der Waals surface area (Å²) in [6.07, 6.45) is 11.8. The molecule has 0 radical (unpaired) electrons. The number of rotatable bonds is 5. The largest absolute Gasteiger partial charge is 0.366 e. The second-order valence-electron chi connectivity index (χ2n) is 7.87. The van der Waals surface area contributed by atoms with Crippen LogP contribution in [-0.2, 0) is 0 Å². The van der Waals surface area contributed by atoms with Crippen LogP contribution < -0.4 is 16.5 Å². The summed E-state index contributed by atoms with van der Waals surface area (Å²) in [7, 11) is 3.84. The number of likely N-dealkylation sites (N-methyl/N-ethyl adjacent to an activating group) is 1. The zero-order chi connectivity index (χ0) is 22.5. The summed E-state index contributed by atoms with van der Waals surface area (Å²) in [5, 5.41) is 8.28. The Kier molecular flexibility index (Phi) is 6.63. The molecule has 0 bridgehead atoms. The Bertz CT molecular complexity index is 1080. The summed E-state index contributed by atoms with van der Waals surface area (Å²) in [4.78, 5) is 15.5. The van der Waals surface area contributed by atoms with Gasteiger partial charge < -0.3 is 15.6 Å². The number of fused-ring (bicyclic) bond motifs is 1. The smallest absolute Gasteiger partial charge is 0.134 e. The van der Waals surface area contributed by atoms with E-state index in [1.165, 1.54) is 0 Å². The van der Waals surface area contributed by atoms with Crippen LogP contribution in [0.4, 0.5) is 11.6 Å². The molecule has 0 atom stereocenters. The van der Waals surface area contributed by atoms with Gasteiger partial charge in [0.05, 0.1) is 12.0 Å². The van der Waals surface area contributed by atoms with Gasteiger partial charge in [0, 0.05) is 67.9 Å². The topological polar surface area (TPSA) is 94.7 Å². The number of aromatic nitrogens is 2. The molecule has 0 amide bonds. The summed E-state index contributed by atoms with van der Waals surface area (Å²) in [5.41, 5.74) is 6.46. The third-order valence-corrected chi connectivity index (χ3v) is 5.61. The second kappa shape index (κ2) is 9.76. The van der Waals surface area contributed by atoms with Gasteiger partial charge >= 0.3 is 0 Å². The zero-order valence-electron chi connectivity index (χ0n) is 18.8. The van der Waals surface area contributed by atoms with E-state index in [-0.39, 0.29) is 0 Å². The van der Waals surface area contributed by atoms with E-state index < -0.39 is 0 Å². The van der Waals surface area contributed by atoms with E-state index in [2.05, 4.69) is 62.9 Å². The highest BCUT2D eigenvalue weighted by molar-refractivity contribution is 5.89. The van der Waals surface area contributed by atoms with Gasteiger partial charge in [-0.25, -0.2) is 15.8 Å². The third kappa shape index (κ3) is 4.56. The molecule has 2 aromatic heterocycles. The fourth-order valence-electron chi connectivity index (χ4n) is 3.97. The number of hydrogen-bond acceptors (Lipinski definition) is 7. The number of hydrazine groups is 1. The maximum atomic E-state index is 6.36. The van der Waals surface area contributed by atoms with E-state index in [9.17, 15) is 0 Å². The van der Waals surface area contributed by atoms with Crippen molar-refractivity contribution in [3.63, 3.8) is 0 Å². The number of anilines is 2. The van der Waals surface area contributed by atoms with E-state index in [0.717, 1.165) is 71.3 Å². The molecule has 0 saturated carbocycles. The van der Waals surface area contributed by atoms with Crippen molar-refractivity contribution in [1.29, 1.82) is 0 Å². The molecule has 8 nitrogen and oxygen atoms in total.